The van der Waals surface area contributed by atoms with Crippen molar-refractivity contribution in [3.05, 3.63) is 53.8 Å². The molecule has 0 radical (unpaired) electrons. The second kappa shape index (κ2) is 9.60. The number of carbonyl (C=O) groups is 1. The maximum absolute atomic E-state index is 13.2. The summed E-state index contributed by atoms with van der Waals surface area (Å²) in [5, 5.41) is 2.84. The second-order valence-corrected chi connectivity index (χ2v) is 8.30. The first-order chi connectivity index (χ1) is 13.7. The number of hydrogen-bond acceptors (Lipinski definition) is 5. The Kier molecular flexibility index (Phi) is 7.44. The van der Waals surface area contributed by atoms with Crippen LogP contribution in [0.3, 0.4) is 0 Å². The van der Waals surface area contributed by atoms with Gasteiger partial charge in [0.05, 0.1) is 32.2 Å². The number of halogens is 1. The number of carbonyl (C=O) groups excluding carboxylic acids is 1. The number of nitrogens with zero attached hydrogens (tertiary/aromatic N) is 1. The minimum Gasteiger partial charge on any atom is -0.493 e. The molecular weight excluding hydrogens is 399 g/mol. The fraction of sp³-hybridized carbons (Fsp3) is 0.350. The molecule has 0 aromatic heterocycles. The number of hydrogen-bond donors (Lipinski definition) is 1. The molecule has 29 heavy (non-hydrogen) atoms. The summed E-state index contributed by atoms with van der Waals surface area (Å²) < 4.78 is 48.9. The molecule has 2 aromatic rings. The van der Waals surface area contributed by atoms with Gasteiger partial charge in [0.2, 0.25) is 15.9 Å². The molecule has 7 nitrogen and oxygen atoms in total. The molecule has 0 saturated carbocycles. The summed E-state index contributed by atoms with van der Waals surface area (Å²) in [6.45, 7) is 1.48. The van der Waals surface area contributed by atoms with Gasteiger partial charge in [0, 0.05) is 0 Å². The predicted molar refractivity (Wildman–Crippen MR) is 109 cm³/mol. The van der Waals surface area contributed by atoms with E-state index < -0.39 is 28.3 Å². The van der Waals surface area contributed by atoms with Gasteiger partial charge in [-0.15, -0.1) is 0 Å². The van der Waals surface area contributed by atoms with Crippen molar-refractivity contribution < 1.29 is 27.1 Å². The third-order valence-corrected chi connectivity index (χ3v) is 5.50. The van der Waals surface area contributed by atoms with E-state index >= 15 is 0 Å². The van der Waals surface area contributed by atoms with Crippen LogP contribution in [0.1, 0.15) is 24.9 Å². The van der Waals surface area contributed by atoms with Crippen molar-refractivity contribution in [1.82, 2.24) is 5.32 Å². The minimum absolute atomic E-state index is 0.211. The molecule has 1 N–H and O–H groups in total. The van der Waals surface area contributed by atoms with Crippen LogP contribution in [0.15, 0.2) is 42.5 Å². The fourth-order valence-electron chi connectivity index (χ4n) is 2.87. The number of anilines is 1. The first kappa shape index (κ1) is 22.5. The Morgan fingerprint density at radius 2 is 1.72 bits per heavy atom. The molecule has 2 aromatic carbocycles. The summed E-state index contributed by atoms with van der Waals surface area (Å²) in [5.41, 5.74) is 1.01. The van der Waals surface area contributed by atoms with Crippen LogP contribution in [-0.2, 0) is 14.8 Å². The number of sulfonamides is 1. The lowest BCUT2D eigenvalue weighted by atomic mass is 10.0. The normalized spacial score (nSPS) is 12.2. The molecule has 1 amide bonds. The third kappa shape index (κ3) is 5.83. The average Bonchev–Trinajstić information content (AvgIpc) is 2.69. The number of methoxy groups -OCH3 is 2. The highest BCUT2D eigenvalue weighted by molar-refractivity contribution is 7.92. The van der Waals surface area contributed by atoms with Gasteiger partial charge in [-0.25, -0.2) is 12.8 Å². The Morgan fingerprint density at radius 1 is 1.10 bits per heavy atom. The highest BCUT2D eigenvalue weighted by Gasteiger charge is 2.23. The van der Waals surface area contributed by atoms with E-state index in [9.17, 15) is 17.6 Å². The number of amides is 1. The van der Waals surface area contributed by atoms with Crippen LogP contribution in [0, 0.1) is 5.82 Å². The second-order valence-electron chi connectivity index (χ2n) is 6.39. The van der Waals surface area contributed by atoms with Gasteiger partial charge >= 0.3 is 0 Å². The Hall–Kier alpha value is -2.81. The zero-order valence-corrected chi connectivity index (χ0v) is 17.6. The lowest BCUT2D eigenvalue weighted by molar-refractivity contribution is -0.120. The largest absolute Gasteiger partial charge is 0.493 e. The Balaban J connectivity index is 2.20. The zero-order chi connectivity index (χ0) is 21.6. The molecule has 0 aliphatic heterocycles. The van der Waals surface area contributed by atoms with Gasteiger partial charge in [0.15, 0.2) is 11.5 Å². The molecule has 1 atom stereocenters. The molecule has 0 saturated heterocycles. The van der Waals surface area contributed by atoms with E-state index in [0.717, 1.165) is 28.3 Å². The van der Waals surface area contributed by atoms with Crippen LogP contribution in [0.25, 0.3) is 0 Å². The van der Waals surface area contributed by atoms with E-state index in [-0.39, 0.29) is 11.7 Å². The zero-order valence-electron chi connectivity index (χ0n) is 16.8. The van der Waals surface area contributed by atoms with E-state index in [1.54, 1.807) is 12.1 Å². The van der Waals surface area contributed by atoms with Crippen LogP contribution >= 0.6 is 0 Å². The molecule has 0 fully saturated rings. The summed E-state index contributed by atoms with van der Waals surface area (Å²) in [7, 11) is -0.684. The van der Waals surface area contributed by atoms with Crippen molar-refractivity contribution in [2.75, 3.05) is 31.3 Å². The van der Waals surface area contributed by atoms with E-state index in [4.69, 9.17) is 9.47 Å². The molecule has 0 heterocycles. The Labute approximate surface area is 170 Å². The van der Waals surface area contributed by atoms with Gasteiger partial charge in [-0.3, -0.25) is 9.10 Å². The highest BCUT2D eigenvalue weighted by atomic mass is 32.2. The van der Waals surface area contributed by atoms with Gasteiger partial charge in [0.1, 0.15) is 12.4 Å². The van der Waals surface area contributed by atoms with Gasteiger partial charge < -0.3 is 14.8 Å². The van der Waals surface area contributed by atoms with Crippen molar-refractivity contribution in [3.8, 4) is 11.5 Å². The van der Waals surface area contributed by atoms with Crippen molar-refractivity contribution in [1.29, 1.82) is 0 Å². The van der Waals surface area contributed by atoms with Crippen LogP contribution < -0.4 is 19.1 Å². The molecule has 0 aliphatic rings. The maximum Gasteiger partial charge on any atom is 0.241 e. The van der Waals surface area contributed by atoms with Crippen LogP contribution in [-0.4, -0.2) is 41.3 Å². The topological polar surface area (TPSA) is 84.9 Å². The maximum atomic E-state index is 13.2. The lowest BCUT2D eigenvalue weighted by Gasteiger charge is -2.24. The molecule has 158 valence electrons. The summed E-state index contributed by atoms with van der Waals surface area (Å²) >= 11 is 0. The van der Waals surface area contributed by atoms with Gasteiger partial charge in [-0.1, -0.05) is 13.0 Å². The van der Waals surface area contributed by atoms with Crippen molar-refractivity contribution >= 4 is 21.6 Å². The van der Waals surface area contributed by atoms with Crippen LogP contribution in [0.2, 0.25) is 0 Å². The van der Waals surface area contributed by atoms with E-state index in [2.05, 4.69) is 5.32 Å². The van der Waals surface area contributed by atoms with Crippen molar-refractivity contribution in [2.45, 2.75) is 19.4 Å². The van der Waals surface area contributed by atoms with E-state index in [1.165, 1.54) is 26.4 Å². The fourth-order valence-corrected chi connectivity index (χ4v) is 3.72. The predicted octanol–water partition coefficient (Wildman–Crippen LogP) is 2.88. The minimum atomic E-state index is -3.74. The lowest BCUT2D eigenvalue weighted by Crippen LogP contribution is -2.41. The van der Waals surface area contributed by atoms with Gasteiger partial charge in [-0.2, -0.15) is 0 Å². The van der Waals surface area contributed by atoms with Crippen molar-refractivity contribution in [2.24, 2.45) is 0 Å². The van der Waals surface area contributed by atoms with Crippen LogP contribution in [0.5, 0.6) is 11.5 Å². The molecule has 9 heteroatoms. The average molecular weight is 424 g/mol. The molecule has 0 aliphatic carbocycles. The number of rotatable bonds is 9. The molecule has 0 bridgehead atoms. The number of benzene rings is 2. The first-order valence-electron chi connectivity index (χ1n) is 8.94. The Morgan fingerprint density at radius 3 is 2.24 bits per heavy atom. The molecule has 0 unspecified atom stereocenters. The SMILES string of the molecule is CC[C@H](NC(=O)CN(c1ccc(F)cc1)S(C)(=O)=O)c1ccc(OC)c(OC)c1. The van der Waals surface area contributed by atoms with Gasteiger partial charge in [-0.05, 0) is 48.4 Å². The van der Waals surface area contributed by atoms with Crippen molar-refractivity contribution in [3.63, 3.8) is 0 Å². The molecular formula is C20H25FN2O5S. The van der Waals surface area contributed by atoms with E-state index in [1.807, 2.05) is 13.0 Å². The summed E-state index contributed by atoms with van der Waals surface area (Å²) in [6.07, 6.45) is 1.58. The van der Waals surface area contributed by atoms with E-state index in [0.29, 0.717) is 17.9 Å². The quantitative estimate of drug-likeness (QED) is 0.669. The summed E-state index contributed by atoms with van der Waals surface area (Å²) in [4.78, 5) is 12.6. The smallest absolute Gasteiger partial charge is 0.241 e. The summed E-state index contributed by atoms with van der Waals surface area (Å²) in [6, 6.07) is 9.88. The third-order valence-electron chi connectivity index (χ3n) is 4.36. The monoisotopic (exact) mass is 424 g/mol. The first-order valence-corrected chi connectivity index (χ1v) is 10.8. The standard InChI is InChI=1S/C20H25FN2O5S/c1-5-17(14-6-11-18(27-2)19(12-14)28-3)22-20(24)13-23(29(4,25)26)16-9-7-15(21)8-10-16/h6-12,17H,5,13H2,1-4H3,(H,22,24)/t17-/m0/s1. The Bertz CT molecular complexity index is 948. The number of ether oxygens (including phenoxy) is 2. The highest BCUT2D eigenvalue weighted by Crippen LogP contribution is 2.31. The number of nitrogens with one attached hydrogen (secondary N) is 1. The molecule has 0 spiro atoms. The van der Waals surface area contributed by atoms with Gasteiger partial charge in [0.25, 0.3) is 0 Å². The van der Waals surface area contributed by atoms with Crippen LogP contribution in [0.4, 0.5) is 10.1 Å². The summed E-state index contributed by atoms with van der Waals surface area (Å²) in [5.74, 6) is 0.117. The molecule has 2 rings (SSSR count).